The van der Waals surface area contributed by atoms with E-state index in [-0.39, 0.29) is 0 Å². The molecule has 2 atom stereocenters. The lowest BCUT2D eigenvalue weighted by atomic mass is 10.00. The van der Waals surface area contributed by atoms with Gasteiger partial charge < -0.3 is 5.32 Å². The number of hydrogen-bond donors (Lipinski definition) is 1. The summed E-state index contributed by atoms with van der Waals surface area (Å²) in [6.45, 7) is 3.18. The summed E-state index contributed by atoms with van der Waals surface area (Å²) in [5.74, 6) is 1.38. The summed E-state index contributed by atoms with van der Waals surface area (Å²) in [5.41, 5.74) is 0. The van der Waals surface area contributed by atoms with E-state index in [9.17, 15) is 4.21 Å². The first-order valence-corrected chi connectivity index (χ1v) is 9.27. The van der Waals surface area contributed by atoms with Gasteiger partial charge in [-0.15, -0.1) is 0 Å². The van der Waals surface area contributed by atoms with Crippen molar-refractivity contribution in [1.82, 2.24) is 5.32 Å². The Bertz CT molecular complexity index is 446. The standard InChI is InChI=1S/C16H24ClNOS/c1-2-10-18-16(13-6-3-4-7-13)12-20(19)15-9-5-8-14(17)11-15/h5,8-9,11,13,16,18H,2-4,6-7,10,12H2,1H3. The molecule has 1 aromatic carbocycles. The molecule has 1 fully saturated rings. The van der Waals surface area contributed by atoms with Gasteiger partial charge in [-0.05, 0) is 49.9 Å². The van der Waals surface area contributed by atoms with E-state index in [0.29, 0.717) is 22.7 Å². The average Bonchev–Trinajstić information content (AvgIpc) is 2.97. The van der Waals surface area contributed by atoms with Crippen molar-refractivity contribution in [2.24, 2.45) is 5.92 Å². The minimum atomic E-state index is -0.970. The molecule has 1 N–H and O–H groups in total. The molecule has 4 heteroatoms. The number of hydrogen-bond acceptors (Lipinski definition) is 2. The first kappa shape index (κ1) is 16.0. The van der Waals surface area contributed by atoms with Gasteiger partial charge in [-0.2, -0.15) is 0 Å². The van der Waals surface area contributed by atoms with Crippen LogP contribution in [0.3, 0.4) is 0 Å². The van der Waals surface area contributed by atoms with Gasteiger partial charge >= 0.3 is 0 Å². The van der Waals surface area contributed by atoms with E-state index in [1.807, 2.05) is 24.3 Å². The van der Waals surface area contributed by atoms with Crippen LogP contribution < -0.4 is 5.32 Å². The summed E-state index contributed by atoms with van der Waals surface area (Å²) in [6, 6.07) is 7.81. The molecule has 1 saturated carbocycles. The van der Waals surface area contributed by atoms with E-state index in [0.717, 1.165) is 17.9 Å². The Labute approximate surface area is 129 Å². The molecule has 0 aromatic heterocycles. The summed E-state index contributed by atoms with van der Waals surface area (Å²) >= 11 is 5.99. The maximum Gasteiger partial charge on any atom is 0.0545 e. The van der Waals surface area contributed by atoms with E-state index in [4.69, 9.17) is 11.6 Å². The minimum absolute atomic E-state index is 0.372. The second-order valence-electron chi connectivity index (χ2n) is 5.57. The third kappa shape index (κ3) is 4.57. The van der Waals surface area contributed by atoms with E-state index in [1.165, 1.54) is 25.7 Å². The molecule has 112 valence electrons. The van der Waals surface area contributed by atoms with Gasteiger partial charge in [0.2, 0.25) is 0 Å². The Morgan fingerprint density at radius 2 is 2.15 bits per heavy atom. The fourth-order valence-electron chi connectivity index (χ4n) is 2.92. The number of halogens is 1. The van der Waals surface area contributed by atoms with Gasteiger partial charge in [0, 0.05) is 21.7 Å². The first-order chi connectivity index (χ1) is 9.70. The molecule has 0 saturated heterocycles. The van der Waals surface area contributed by atoms with Crippen LogP contribution in [0, 0.1) is 5.92 Å². The fourth-order valence-corrected chi connectivity index (χ4v) is 4.57. The molecule has 0 bridgehead atoms. The highest BCUT2D eigenvalue weighted by molar-refractivity contribution is 7.85. The molecule has 2 rings (SSSR count). The lowest BCUT2D eigenvalue weighted by Gasteiger charge is -2.24. The Morgan fingerprint density at radius 1 is 1.40 bits per heavy atom. The predicted molar refractivity (Wildman–Crippen MR) is 86.8 cm³/mol. The van der Waals surface area contributed by atoms with E-state index in [1.54, 1.807) is 0 Å². The molecular formula is C16H24ClNOS. The minimum Gasteiger partial charge on any atom is -0.313 e. The van der Waals surface area contributed by atoms with Crippen LogP contribution >= 0.6 is 11.6 Å². The Hall–Kier alpha value is -0.380. The van der Waals surface area contributed by atoms with Crippen molar-refractivity contribution in [3.63, 3.8) is 0 Å². The fraction of sp³-hybridized carbons (Fsp3) is 0.625. The van der Waals surface area contributed by atoms with Gasteiger partial charge in [0.15, 0.2) is 0 Å². The zero-order chi connectivity index (χ0) is 14.4. The summed E-state index contributed by atoms with van der Waals surface area (Å²) < 4.78 is 12.5. The molecule has 1 aromatic rings. The van der Waals surface area contributed by atoms with Crippen molar-refractivity contribution >= 4 is 22.4 Å². The average molecular weight is 314 g/mol. The van der Waals surface area contributed by atoms with Gasteiger partial charge in [-0.1, -0.05) is 37.4 Å². The zero-order valence-corrected chi connectivity index (χ0v) is 13.7. The summed E-state index contributed by atoms with van der Waals surface area (Å²) in [7, 11) is -0.970. The van der Waals surface area contributed by atoms with Crippen molar-refractivity contribution in [2.45, 2.75) is 50.0 Å². The monoisotopic (exact) mass is 313 g/mol. The van der Waals surface area contributed by atoms with E-state index >= 15 is 0 Å². The van der Waals surface area contributed by atoms with Gasteiger partial charge in [0.25, 0.3) is 0 Å². The number of nitrogens with one attached hydrogen (secondary N) is 1. The zero-order valence-electron chi connectivity index (χ0n) is 12.1. The molecule has 0 aliphatic heterocycles. The van der Waals surface area contributed by atoms with Crippen molar-refractivity contribution in [2.75, 3.05) is 12.3 Å². The molecule has 2 nitrogen and oxygen atoms in total. The number of rotatable bonds is 7. The normalized spacial score (nSPS) is 19.1. The third-order valence-electron chi connectivity index (χ3n) is 4.02. The van der Waals surface area contributed by atoms with E-state index in [2.05, 4.69) is 12.2 Å². The molecule has 0 amide bonds. The summed E-state index contributed by atoms with van der Waals surface area (Å²) in [5, 5.41) is 4.26. The number of benzene rings is 1. The second kappa shape index (κ2) is 8.16. The Balaban J connectivity index is 2.00. The van der Waals surface area contributed by atoms with Crippen LogP contribution in [0.1, 0.15) is 39.0 Å². The van der Waals surface area contributed by atoms with Crippen molar-refractivity contribution in [3.8, 4) is 0 Å². The van der Waals surface area contributed by atoms with Gasteiger partial charge in [-0.3, -0.25) is 4.21 Å². The van der Waals surface area contributed by atoms with Crippen molar-refractivity contribution < 1.29 is 4.21 Å². The maximum absolute atomic E-state index is 12.5. The SMILES string of the molecule is CCCNC(CS(=O)c1cccc(Cl)c1)C1CCCC1. The largest absolute Gasteiger partial charge is 0.313 e. The molecule has 20 heavy (non-hydrogen) atoms. The maximum atomic E-state index is 12.5. The van der Waals surface area contributed by atoms with Crippen LogP contribution in [0.25, 0.3) is 0 Å². The topological polar surface area (TPSA) is 29.1 Å². The van der Waals surface area contributed by atoms with Gasteiger partial charge in [-0.25, -0.2) is 0 Å². The highest BCUT2D eigenvalue weighted by atomic mass is 35.5. The molecule has 0 radical (unpaired) electrons. The van der Waals surface area contributed by atoms with Crippen LogP contribution in [0.5, 0.6) is 0 Å². The Kier molecular flexibility index (Phi) is 6.53. The first-order valence-electron chi connectivity index (χ1n) is 7.58. The molecule has 0 spiro atoms. The second-order valence-corrected chi connectivity index (χ2v) is 7.51. The quantitative estimate of drug-likeness (QED) is 0.824. The van der Waals surface area contributed by atoms with Crippen LogP contribution in [0.4, 0.5) is 0 Å². The molecular weight excluding hydrogens is 290 g/mol. The highest BCUT2D eigenvalue weighted by Crippen LogP contribution is 2.29. The molecule has 2 unspecified atom stereocenters. The van der Waals surface area contributed by atoms with Crippen LogP contribution in [0.2, 0.25) is 5.02 Å². The molecule has 1 aliphatic carbocycles. The smallest absolute Gasteiger partial charge is 0.0545 e. The van der Waals surface area contributed by atoms with Crippen LogP contribution in [-0.2, 0) is 10.8 Å². The van der Waals surface area contributed by atoms with Crippen molar-refractivity contribution in [1.29, 1.82) is 0 Å². The van der Waals surface area contributed by atoms with Gasteiger partial charge in [0.1, 0.15) is 0 Å². The molecule has 0 heterocycles. The van der Waals surface area contributed by atoms with Gasteiger partial charge in [0.05, 0.1) is 10.8 Å². The van der Waals surface area contributed by atoms with Crippen LogP contribution in [0.15, 0.2) is 29.2 Å². The lowest BCUT2D eigenvalue weighted by Crippen LogP contribution is -2.40. The lowest BCUT2D eigenvalue weighted by molar-refractivity contribution is 0.385. The Morgan fingerprint density at radius 3 is 2.80 bits per heavy atom. The van der Waals surface area contributed by atoms with E-state index < -0.39 is 10.8 Å². The van der Waals surface area contributed by atoms with Crippen LogP contribution in [-0.4, -0.2) is 22.5 Å². The highest BCUT2D eigenvalue weighted by Gasteiger charge is 2.26. The van der Waals surface area contributed by atoms with Crippen molar-refractivity contribution in [3.05, 3.63) is 29.3 Å². The molecule has 1 aliphatic rings. The third-order valence-corrected chi connectivity index (χ3v) is 5.69. The summed E-state index contributed by atoms with van der Waals surface area (Å²) in [4.78, 5) is 0.846. The predicted octanol–water partition coefficient (Wildman–Crippen LogP) is 4.01. The summed E-state index contributed by atoms with van der Waals surface area (Å²) in [6.07, 6.45) is 6.30.